The maximum absolute atomic E-state index is 11.9. The SMILES string of the molecule is CCNC(=O)NCCN(CCc1c[nH]c2ccccc12)C1CCc2cc(/C=C/C(=O)NO)ccc21. The Bertz CT molecular complexity index is 1200. The number of hydroxylamine groups is 1. The molecule has 8 nitrogen and oxygen atoms in total. The van der Waals surface area contributed by atoms with E-state index in [9.17, 15) is 9.59 Å². The number of carbonyl (C=O) groups excluding carboxylic acids is 2. The summed E-state index contributed by atoms with van der Waals surface area (Å²) in [5, 5.41) is 15.7. The number of hydrogen-bond donors (Lipinski definition) is 5. The van der Waals surface area contributed by atoms with Crippen molar-refractivity contribution in [1.29, 1.82) is 0 Å². The van der Waals surface area contributed by atoms with E-state index in [4.69, 9.17) is 5.21 Å². The average Bonchev–Trinajstić information content (AvgIpc) is 3.48. The predicted molar refractivity (Wildman–Crippen MR) is 137 cm³/mol. The zero-order valence-corrected chi connectivity index (χ0v) is 20.0. The highest BCUT2D eigenvalue weighted by Crippen LogP contribution is 2.36. The van der Waals surface area contributed by atoms with Gasteiger partial charge in [0.2, 0.25) is 0 Å². The Morgan fingerprint density at radius 3 is 2.86 bits per heavy atom. The van der Waals surface area contributed by atoms with E-state index in [0.29, 0.717) is 13.1 Å². The van der Waals surface area contributed by atoms with Gasteiger partial charge in [-0.15, -0.1) is 0 Å². The number of nitrogens with zero attached hydrogens (tertiary/aromatic N) is 1. The van der Waals surface area contributed by atoms with Crippen LogP contribution in [-0.4, -0.2) is 53.2 Å². The first kappa shape index (κ1) is 24.5. The Morgan fingerprint density at radius 2 is 2.03 bits per heavy atom. The fraction of sp³-hybridized carbons (Fsp3) is 0.333. The number of rotatable bonds is 10. The Morgan fingerprint density at radius 1 is 1.17 bits per heavy atom. The molecule has 3 amide bonds. The molecule has 0 saturated carbocycles. The van der Waals surface area contributed by atoms with Crippen molar-refractivity contribution in [2.24, 2.45) is 0 Å². The van der Waals surface area contributed by atoms with Crippen LogP contribution in [0.15, 0.2) is 54.7 Å². The van der Waals surface area contributed by atoms with Crippen molar-refractivity contribution in [2.75, 3.05) is 26.2 Å². The maximum Gasteiger partial charge on any atom is 0.314 e. The normalized spacial score (nSPS) is 15.0. The van der Waals surface area contributed by atoms with E-state index in [1.54, 1.807) is 11.6 Å². The standard InChI is InChI=1S/C27H33N5O3/c1-2-28-27(34)29-14-16-32(15-13-21-18-30-24-6-4-3-5-22(21)24)25-11-9-20-17-19(7-10-23(20)25)8-12-26(33)31-35/h3-8,10,12,17-18,25,30,35H,2,9,11,13-16H2,1H3,(H,31,33)(H2,28,29,34)/b12-8+. The molecule has 1 unspecified atom stereocenters. The molecule has 1 aliphatic carbocycles. The van der Waals surface area contributed by atoms with Gasteiger partial charge in [-0.05, 0) is 60.6 Å². The predicted octanol–water partition coefficient (Wildman–Crippen LogP) is 3.54. The minimum atomic E-state index is -0.550. The molecule has 0 spiro atoms. The summed E-state index contributed by atoms with van der Waals surface area (Å²) in [4.78, 5) is 29.1. The van der Waals surface area contributed by atoms with E-state index in [-0.39, 0.29) is 12.1 Å². The fourth-order valence-corrected chi connectivity index (χ4v) is 4.87. The molecule has 184 valence electrons. The third-order valence-electron chi connectivity index (χ3n) is 6.56. The maximum atomic E-state index is 11.9. The second kappa shape index (κ2) is 11.7. The van der Waals surface area contributed by atoms with Crippen LogP contribution < -0.4 is 16.1 Å². The summed E-state index contributed by atoms with van der Waals surface area (Å²) in [5.41, 5.74) is 7.55. The number of urea groups is 1. The third kappa shape index (κ3) is 6.09. The van der Waals surface area contributed by atoms with E-state index in [0.717, 1.165) is 43.4 Å². The molecule has 3 aromatic rings. The third-order valence-corrected chi connectivity index (χ3v) is 6.56. The van der Waals surface area contributed by atoms with Crippen LogP contribution in [0.5, 0.6) is 0 Å². The highest BCUT2D eigenvalue weighted by molar-refractivity contribution is 5.90. The zero-order chi connectivity index (χ0) is 24.6. The number of aromatic amines is 1. The molecule has 0 bridgehead atoms. The average molecular weight is 476 g/mol. The molecule has 35 heavy (non-hydrogen) atoms. The second-order valence-corrected chi connectivity index (χ2v) is 8.75. The fourth-order valence-electron chi connectivity index (χ4n) is 4.87. The lowest BCUT2D eigenvalue weighted by Crippen LogP contribution is -2.41. The summed E-state index contributed by atoms with van der Waals surface area (Å²) in [6, 6.07) is 14.7. The molecule has 8 heteroatoms. The molecule has 0 fully saturated rings. The van der Waals surface area contributed by atoms with Gasteiger partial charge in [0.25, 0.3) is 5.91 Å². The van der Waals surface area contributed by atoms with Crippen LogP contribution in [0.2, 0.25) is 0 Å². The second-order valence-electron chi connectivity index (χ2n) is 8.75. The number of fused-ring (bicyclic) bond motifs is 2. The van der Waals surface area contributed by atoms with Crippen molar-refractivity contribution in [3.05, 3.63) is 77.0 Å². The lowest BCUT2D eigenvalue weighted by Gasteiger charge is -2.30. The quantitative estimate of drug-likeness (QED) is 0.176. The number of para-hydroxylation sites is 1. The number of hydrogen-bond acceptors (Lipinski definition) is 4. The van der Waals surface area contributed by atoms with E-state index >= 15 is 0 Å². The summed E-state index contributed by atoms with van der Waals surface area (Å²) in [7, 11) is 0. The first-order valence-corrected chi connectivity index (χ1v) is 12.1. The molecule has 0 saturated heterocycles. The molecule has 2 aromatic carbocycles. The molecular weight excluding hydrogens is 442 g/mol. The summed E-state index contributed by atoms with van der Waals surface area (Å²) < 4.78 is 0. The molecule has 1 aliphatic rings. The highest BCUT2D eigenvalue weighted by atomic mass is 16.5. The summed E-state index contributed by atoms with van der Waals surface area (Å²) in [5.74, 6) is -0.550. The monoisotopic (exact) mass is 475 g/mol. The minimum Gasteiger partial charge on any atom is -0.361 e. The van der Waals surface area contributed by atoms with Crippen molar-refractivity contribution in [2.45, 2.75) is 32.2 Å². The Balaban J connectivity index is 1.49. The lowest BCUT2D eigenvalue weighted by atomic mass is 10.0. The van der Waals surface area contributed by atoms with Crippen LogP contribution in [0.25, 0.3) is 17.0 Å². The van der Waals surface area contributed by atoms with Gasteiger partial charge in [0.15, 0.2) is 0 Å². The minimum absolute atomic E-state index is 0.140. The van der Waals surface area contributed by atoms with Gasteiger partial charge in [-0.1, -0.05) is 36.4 Å². The van der Waals surface area contributed by atoms with Crippen LogP contribution >= 0.6 is 0 Å². The van der Waals surface area contributed by atoms with Gasteiger partial charge in [0.1, 0.15) is 0 Å². The molecule has 1 heterocycles. The van der Waals surface area contributed by atoms with Crippen LogP contribution in [0.1, 0.15) is 41.6 Å². The smallest absolute Gasteiger partial charge is 0.314 e. The first-order valence-electron chi connectivity index (χ1n) is 12.1. The number of H-pyrrole nitrogens is 1. The zero-order valence-electron chi connectivity index (χ0n) is 20.0. The van der Waals surface area contributed by atoms with Crippen LogP contribution in [0, 0.1) is 0 Å². The van der Waals surface area contributed by atoms with E-state index < -0.39 is 5.91 Å². The molecule has 1 atom stereocenters. The molecule has 5 N–H and O–H groups in total. The van der Waals surface area contributed by atoms with E-state index in [2.05, 4.69) is 57.0 Å². The number of aryl methyl sites for hydroxylation is 1. The topological polar surface area (TPSA) is 109 Å². The molecule has 1 aromatic heterocycles. The van der Waals surface area contributed by atoms with Gasteiger partial charge in [-0.3, -0.25) is 14.9 Å². The van der Waals surface area contributed by atoms with Crippen LogP contribution in [0.3, 0.4) is 0 Å². The summed E-state index contributed by atoms with van der Waals surface area (Å²) in [6.45, 7) is 4.71. The first-order chi connectivity index (χ1) is 17.1. The summed E-state index contributed by atoms with van der Waals surface area (Å²) >= 11 is 0. The van der Waals surface area contributed by atoms with E-state index in [1.807, 2.05) is 19.1 Å². The molecule has 4 rings (SSSR count). The van der Waals surface area contributed by atoms with Crippen LogP contribution in [0.4, 0.5) is 4.79 Å². The number of amides is 3. The van der Waals surface area contributed by atoms with Gasteiger partial charge in [0.05, 0.1) is 0 Å². The van der Waals surface area contributed by atoms with Crippen molar-refractivity contribution in [1.82, 2.24) is 26.0 Å². The van der Waals surface area contributed by atoms with Gasteiger partial charge >= 0.3 is 6.03 Å². The Kier molecular flexibility index (Phi) is 8.18. The van der Waals surface area contributed by atoms with E-state index in [1.165, 1.54) is 28.2 Å². The number of nitrogens with one attached hydrogen (secondary N) is 4. The van der Waals surface area contributed by atoms with Gasteiger partial charge < -0.3 is 15.6 Å². The van der Waals surface area contributed by atoms with Crippen molar-refractivity contribution < 1.29 is 14.8 Å². The van der Waals surface area contributed by atoms with Gasteiger partial charge in [-0.25, -0.2) is 10.3 Å². The number of aromatic nitrogens is 1. The molecule has 0 aliphatic heterocycles. The van der Waals surface area contributed by atoms with Crippen molar-refractivity contribution in [3.63, 3.8) is 0 Å². The lowest BCUT2D eigenvalue weighted by molar-refractivity contribution is -0.124. The van der Waals surface area contributed by atoms with Gasteiger partial charge in [0, 0.05) is 55.4 Å². The van der Waals surface area contributed by atoms with Crippen LogP contribution in [-0.2, 0) is 17.6 Å². The number of benzene rings is 2. The van der Waals surface area contributed by atoms with Crippen molar-refractivity contribution >= 4 is 28.9 Å². The molecular formula is C27H33N5O3. The van der Waals surface area contributed by atoms with Gasteiger partial charge in [-0.2, -0.15) is 0 Å². The largest absolute Gasteiger partial charge is 0.361 e. The van der Waals surface area contributed by atoms with Crippen molar-refractivity contribution in [3.8, 4) is 0 Å². The Labute approximate surface area is 205 Å². The Hall–Kier alpha value is -3.62. The number of carbonyl (C=O) groups is 2. The highest BCUT2D eigenvalue weighted by Gasteiger charge is 2.28. The summed E-state index contributed by atoms with van der Waals surface area (Å²) in [6.07, 6.45) is 7.99. The molecule has 0 radical (unpaired) electrons.